The molecule has 1 saturated heterocycles. The Morgan fingerprint density at radius 3 is 2.62 bits per heavy atom. The zero-order valence-corrected chi connectivity index (χ0v) is 25.0. The van der Waals surface area contributed by atoms with Gasteiger partial charge in [0.25, 0.3) is 17.7 Å². The Balaban J connectivity index is 1.02. The lowest BCUT2D eigenvalue weighted by molar-refractivity contribution is -0.136. The van der Waals surface area contributed by atoms with Crippen molar-refractivity contribution in [2.24, 2.45) is 0 Å². The first kappa shape index (κ1) is 31.0. The molecule has 4 aromatic rings. The van der Waals surface area contributed by atoms with Crippen LogP contribution in [0.1, 0.15) is 62.3 Å². The molecule has 1 atom stereocenters. The van der Waals surface area contributed by atoms with E-state index in [1.807, 2.05) is 30.3 Å². The lowest BCUT2D eigenvalue weighted by atomic mass is 10.0. The van der Waals surface area contributed by atoms with Gasteiger partial charge < -0.3 is 16.0 Å². The zero-order chi connectivity index (χ0) is 33.1. The van der Waals surface area contributed by atoms with E-state index in [2.05, 4.69) is 26.3 Å². The fourth-order valence-corrected chi connectivity index (χ4v) is 5.72. The molecule has 1 fully saturated rings. The fraction of sp³-hybridized carbons (Fsp3) is 0.206. The van der Waals surface area contributed by atoms with E-state index in [1.165, 1.54) is 18.2 Å². The van der Waals surface area contributed by atoms with E-state index in [9.17, 15) is 33.2 Å². The Morgan fingerprint density at radius 1 is 0.979 bits per heavy atom. The topological polar surface area (TPSA) is 167 Å². The number of pyridine rings is 1. The number of carbonyl (C=O) groups excluding carboxylic acids is 6. The third-order valence-electron chi connectivity index (χ3n) is 8.01. The molecule has 238 valence electrons. The second-order valence-electron chi connectivity index (χ2n) is 11.1. The molecule has 47 heavy (non-hydrogen) atoms. The number of hydrogen-bond donors (Lipinski definition) is 4. The molecule has 0 aliphatic carbocycles. The maximum Gasteiger partial charge on any atom is 0.264 e. The van der Waals surface area contributed by atoms with Crippen LogP contribution in [0.3, 0.4) is 0 Å². The number of hydrogen-bond acceptors (Lipinski definition) is 8. The number of benzene rings is 3. The molecule has 6 rings (SSSR count). The van der Waals surface area contributed by atoms with Gasteiger partial charge in [0.2, 0.25) is 17.7 Å². The Labute approximate surface area is 267 Å². The molecule has 0 radical (unpaired) electrons. The Morgan fingerprint density at radius 2 is 1.79 bits per heavy atom. The van der Waals surface area contributed by atoms with Crippen molar-refractivity contribution < 1.29 is 33.2 Å². The lowest BCUT2D eigenvalue weighted by Crippen LogP contribution is -2.54. The number of aromatic nitrogens is 1. The number of halogens is 1. The van der Waals surface area contributed by atoms with Crippen molar-refractivity contribution in [2.75, 3.05) is 17.2 Å². The summed E-state index contributed by atoms with van der Waals surface area (Å²) in [5.41, 5.74) is 2.19. The molecule has 4 N–H and O–H groups in total. The number of carbonyl (C=O) groups is 6. The summed E-state index contributed by atoms with van der Waals surface area (Å²) < 4.78 is 14.6. The summed E-state index contributed by atoms with van der Waals surface area (Å²) in [4.78, 5) is 80.9. The van der Waals surface area contributed by atoms with Crippen molar-refractivity contribution in [3.05, 3.63) is 101 Å². The van der Waals surface area contributed by atoms with Crippen LogP contribution in [0.15, 0.2) is 72.9 Å². The van der Waals surface area contributed by atoms with Crippen LogP contribution < -0.4 is 21.3 Å². The van der Waals surface area contributed by atoms with Gasteiger partial charge in [-0.3, -0.25) is 44.0 Å². The van der Waals surface area contributed by atoms with Gasteiger partial charge in [0.15, 0.2) is 0 Å². The van der Waals surface area contributed by atoms with Crippen molar-refractivity contribution in [2.45, 2.75) is 38.3 Å². The van der Waals surface area contributed by atoms with Crippen LogP contribution in [0.25, 0.3) is 10.9 Å². The normalized spacial score (nSPS) is 15.8. The Kier molecular flexibility index (Phi) is 8.69. The summed E-state index contributed by atoms with van der Waals surface area (Å²) >= 11 is 0. The molecule has 2 aliphatic heterocycles. The fourth-order valence-electron chi connectivity index (χ4n) is 5.72. The van der Waals surface area contributed by atoms with Gasteiger partial charge in [0.1, 0.15) is 11.9 Å². The van der Waals surface area contributed by atoms with Crippen molar-refractivity contribution in [3.63, 3.8) is 0 Å². The summed E-state index contributed by atoms with van der Waals surface area (Å²) in [6.45, 7) is 0.402. The third kappa shape index (κ3) is 6.41. The monoisotopic (exact) mass is 636 g/mol. The number of fused-ring (bicyclic) bond motifs is 2. The van der Waals surface area contributed by atoms with E-state index in [0.717, 1.165) is 27.4 Å². The number of piperidine rings is 1. The van der Waals surface area contributed by atoms with E-state index >= 15 is 0 Å². The smallest absolute Gasteiger partial charge is 0.264 e. The minimum atomic E-state index is -1.07. The number of imide groups is 2. The molecule has 3 aromatic carbocycles. The van der Waals surface area contributed by atoms with Gasteiger partial charge in [-0.25, -0.2) is 4.39 Å². The van der Waals surface area contributed by atoms with Crippen LogP contribution >= 0.6 is 0 Å². The number of para-hydroxylation sites is 1. The molecule has 0 spiro atoms. The third-order valence-corrected chi connectivity index (χ3v) is 8.01. The molecule has 1 aromatic heterocycles. The van der Waals surface area contributed by atoms with Gasteiger partial charge in [0, 0.05) is 48.9 Å². The second-order valence-corrected chi connectivity index (χ2v) is 11.1. The van der Waals surface area contributed by atoms with Crippen molar-refractivity contribution in [1.29, 1.82) is 0 Å². The quantitative estimate of drug-likeness (QED) is 0.152. The van der Waals surface area contributed by atoms with Crippen LogP contribution in [0.2, 0.25) is 0 Å². The minimum Gasteiger partial charge on any atom is -0.384 e. The minimum absolute atomic E-state index is 0.0211. The van der Waals surface area contributed by atoms with Crippen LogP contribution in [-0.4, -0.2) is 57.9 Å². The highest BCUT2D eigenvalue weighted by atomic mass is 19.1. The average Bonchev–Trinajstić information content (AvgIpc) is 3.32. The van der Waals surface area contributed by atoms with Crippen molar-refractivity contribution in [1.82, 2.24) is 20.5 Å². The number of rotatable bonds is 10. The molecule has 0 saturated carbocycles. The summed E-state index contributed by atoms with van der Waals surface area (Å²) in [5.74, 6) is -4.14. The molecule has 2 aliphatic rings. The van der Waals surface area contributed by atoms with Gasteiger partial charge in [-0.15, -0.1) is 0 Å². The predicted octanol–water partition coefficient (Wildman–Crippen LogP) is 3.54. The van der Waals surface area contributed by atoms with Crippen LogP contribution in [-0.2, 0) is 20.9 Å². The maximum atomic E-state index is 14.6. The molecule has 3 heterocycles. The highest BCUT2D eigenvalue weighted by Gasteiger charge is 2.45. The van der Waals surface area contributed by atoms with E-state index in [4.69, 9.17) is 0 Å². The molecular weight excluding hydrogens is 607 g/mol. The second kappa shape index (κ2) is 13.2. The van der Waals surface area contributed by atoms with Crippen LogP contribution in [0.4, 0.5) is 15.8 Å². The predicted molar refractivity (Wildman–Crippen MR) is 169 cm³/mol. The standard InChI is InChI=1S/C34H29FN6O6/c35-24-12-11-21(17-23(24)31(44)38-18-20-6-1-5-19-7-3-16-37-30(19)20)39-27(42)10-4-15-36-25-9-2-8-22-29(25)34(47)41(33(22)46)26-13-14-28(43)40-32(26)45/h1-3,5-9,11-12,16-17,26,36H,4,10,13-15,18H2,(H,38,44)(H,39,42)(H,40,43,45). The maximum absolute atomic E-state index is 14.6. The zero-order valence-electron chi connectivity index (χ0n) is 25.0. The van der Waals surface area contributed by atoms with Crippen LogP contribution in [0, 0.1) is 5.82 Å². The first-order valence-corrected chi connectivity index (χ1v) is 15.0. The van der Waals surface area contributed by atoms with Gasteiger partial charge in [-0.2, -0.15) is 0 Å². The summed E-state index contributed by atoms with van der Waals surface area (Å²) in [7, 11) is 0. The van der Waals surface area contributed by atoms with Gasteiger partial charge in [-0.05, 0) is 54.8 Å². The highest BCUT2D eigenvalue weighted by molar-refractivity contribution is 6.25. The largest absolute Gasteiger partial charge is 0.384 e. The van der Waals surface area contributed by atoms with Crippen molar-refractivity contribution >= 4 is 57.7 Å². The molecular formula is C34H29FN6O6. The van der Waals surface area contributed by atoms with Crippen molar-refractivity contribution in [3.8, 4) is 0 Å². The summed E-state index contributed by atoms with van der Waals surface area (Å²) in [6, 6.07) is 16.7. The number of amides is 6. The Hall–Kier alpha value is -5.98. The van der Waals surface area contributed by atoms with E-state index in [-0.39, 0.29) is 60.6 Å². The van der Waals surface area contributed by atoms with E-state index in [0.29, 0.717) is 12.1 Å². The summed E-state index contributed by atoms with van der Waals surface area (Å²) in [5, 5.41) is 11.6. The van der Waals surface area contributed by atoms with E-state index in [1.54, 1.807) is 18.3 Å². The molecule has 13 heteroatoms. The van der Waals surface area contributed by atoms with Gasteiger partial charge >= 0.3 is 0 Å². The molecule has 6 amide bonds. The molecule has 1 unspecified atom stereocenters. The lowest BCUT2D eigenvalue weighted by Gasteiger charge is -2.27. The first-order valence-electron chi connectivity index (χ1n) is 15.0. The number of anilines is 2. The van der Waals surface area contributed by atoms with Crippen LogP contribution in [0.5, 0.6) is 0 Å². The highest BCUT2D eigenvalue weighted by Crippen LogP contribution is 2.32. The van der Waals surface area contributed by atoms with Gasteiger partial charge in [0.05, 0.1) is 22.2 Å². The summed E-state index contributed by atoms with van der Waals surface area (Å²) in [6.07, 6.45) is 2.13. The molecule has 12 nitrogen and oxygen atoms in total. The van der Waals surface area contributed by atoms with Gasteiger partial charge in [-0.1, -0.05) is 30.3 Å². The SMILES string of the molecule is O=C1CCC(N2C(=O)c3cccc(NCCCC(=O)Nc4ccc(F)c(C(=O)NCc5cccc6cccnc56)c4)c3C2=O)C(=O)N1. The number of nitrogens with one attached hydrogen (secondary N) is 4. The number of nitrogens with zero attached hydrogens (tertiary/aromatic N) is 2. The molecule has 0 bridgehead atoms. The Bertz CT molecular complexity index is 1960. The first-order chi connectivity index (χ1) is 22.7. The van der Waals surface area contributed by atoms with E-state index < -0.39 is 41.4 Å². The average molecular weight is 637 g/mol.